The van der Waals surface area contributed by atoms with Gasteiger partial charge in [0.1, 0.15) is 5.75 Å². The Hall–Kier alpha value is -1.41. The van der Waals surface area contributed by atoms with Crippen LogP contribution in [0.2, 0.25) is 0 Å². The van der Waals surface area contributed by atoms with Crippen LogP contribution in [0.4, 0.5) is 0 Å². The molecule has 0 N–H and O–H groups in total. The van der Waals surface area contributed by atoms with Crippen LogP contribution in [-0.4, -0.2) is 7.11 Å². The highest BCUT2D eigenvalue weighted by Crippen LogP contribution is 2.37. The molecule has 2 aromatic carbocycles. The molecule has 2 heteroatoms. The molecule has 0 fully saturated rings. The second-order valence-corrected chi connectivity index (χ2v) is 6.37. The monoisotopic (exact) mass is 286 g/mol. The van der Waals surface area contributed by atoms with E-state index < -0.39 is 0 Å². The SMILES string of the molecule is COc1ccc(C(C)(C)CC(S)c2ccccc2)cc1. The zero-order chi connectivity index (χ0) is 14.6. The van der Waals surface area contributed by atoms with Crippen molar-refractivity contribution in [2.75, 3.05) is 7.11 Å². The molecule has 0 bridgehead atoms. The highest BCUT2D eigenvalue weighted by molar-refractivity contribution is 7.80. The molecule has 0 aliphatic heterocycles. The number of methoxy groups -OCH3 is 1. The van der Waals surface area contributed by atoms with Crippen LogP contribution in [0.15, 0.2) is 54.6 Å². The van der Waals surface area contributed by atoms with Gasteiger partial charge < -0.3 is 4.74 Å². The number of thiol groups is 1. The average Bonchev–Trinajstić information content (AvgIpc) is 2.48. The minimum absolute atomic E-state index is 0.0779. The molecule has 0 saturated carbocycles. The van der Waals surface area contributed by atoms with E-state index in [0.717, 1.165) is 12.2 Å². The topological polar surface area (TPSA) is 9.23 Å². The highest BCUT2D eigenvalue weighted by Gasteiger charge is 2.24. The van der Waals surface area contributed by atoms with Crippen LogP contribution in [0.25, 0.3) is 0 Å². The van der Waals surface area contributed by atoms with Gasteiger partial charge in [-0.25, -0.2) is 0 Å². The molecule has 1 nitrogen and oxygen atoms in total. The van der Waals surface area contributed by atoms with E-state index in [1.165, 1.54) is 11.1 Å². The Morgan fingerprint density at radius 3 is 2.15 bits per heavy atom. The molecule has 0 aliphatic carbocycles. The van der Waals surface area contributed by atoms with Crippen molar-refractivity contribution in [2.45, 2.75) is 30.9 Å². The normalized spacial score (nSPS) is 13.0. The van der Waals surface area contributed by atoms with Crippen LogP contribution in [-0.2, 0) is 5.41 Å². The third-order valence-corrected chi connectivity index (χ3v) is 4.24. The first-order chi connectivity index (χ1) is 9.53. The van der Waals surface area contributed by atoms with E-state index in [1.54, 1.807) is 7.11 Å². The molecule has 0 aliphatic rings. The van der Waals surface area contributed by atoms with Crippen molar-refractivity contribution < 1.29 is 4.74 Å². The molecule has 0 amide bonds. The maximum Gasteiger partial charge on any atom is 0.118 e. The van der Waals surface area contributed by atoms with Gasteiger partial charge in [0.15, 0.2) is 0 Å². The third kappa shape index (κ3) is 3.57. The Kier molecular flexibility index (Phi) is 4.77. The number of hydrogen-bond acceptors (Lipinski definition) is 2. The second kappa shape index (κ2) is 6.36. The lowest BCUT2D eigenvalue weighted by Crippen LogP contribution is -2.19. The molecule has 2 rings (SSSR count). The number of ether oxygens (including phenoxy) is 1. The fourth-order valence-electron chi connectivity index (χ4n) is 2.44. The van der Waals surface area contributed by atoms with Gasteiger partial charge in [-0.05, 0) is 35.1 Å². The summed E-state index contributed by atoms with van der Waals surface area (Å²) in [6.45, 7) is 4.53. The molecule has 20 heavy (non-hydrogen) atoms. The summed E-state index contributed by atoms with van der Waals surface area (Å²) in [5, 5.41) is 0.244. The lowest BCUT2D eigenvalue weighted by molar-refractivity contribution is 0.413. The molecule has 0 radical (unpaired) electrons. The Morgan fingerprint density at radius 1 is 1.00 bits per heavy atom. The van der Waals surface area contributed by atoms with Crippen molar-refractivity contribution in [1.29, 1.82) is 0 Å². The summed E-state index contributed by atoms with van der Waals surface area (Å²) in [5.41, 5.74) is 2.67. The highest BCUT2D eigenvalue weighted by atomic mass is 32.1. The fraction of sp³-hybridized carbons (Fsp3) is 0.333. The van der Waals surface area contributed by atoms with Crippen LogP contribution >= 0.6 is 12.6 Å². The number of rotatable bonds is 5. The Morgan fingerprint density at radius 2 is 1.60 bits per heavy atom. The summed E-state index contributed by atoms with van der Waals surface area (Å²) in [6.07, 6.45) is 0.993. The van der Waals surface area contributed by atoms with Crippen LogP contribution < -0.4 is 4.74 Å². The molecule has 0 spiro atoms. The lowest BCUT2D eigenvalue weighted by Gasteiger charge is -2.28. The molecule has 2 aromatic rings. The van der Waals surface area contributed by atoms with Crippen molar-refractivity contribution in [3.63, 3.8) is 0 Å². The number of benzene rings is 2. The molecule has 0 aromatic heterocycles. The van der Waals surface area contributed by atoms with E-state index >= 15 is 0 Å². The van der Waals surface area contributed by atoms with Crippen LogP contribution in [0.3, 0.4) is 0 Å². The third-order valence-electron chi connectivity index (χ3n) is 3.76. The molecule has 0 saturated heterocycles. The summed E-state index contributed by atoms with van der Waals surface area (Å²) in [6, 6.07) is 18.8. The van der Waals surface area contributed by atoms with Gasteiger partial charge in [0.05, 0.1) is 7.11 Å². The van der Waals surface area contributed by atoms with Gasteiger partial charge in [0, 0.05) is 5.25 Å². The van der Waals surface area contributed by atoms with E-state index in [0.29, 0.717) is 0 Å². The van der Waals surface area contributed by atoms with Crippen molar-refractivity contribution in [3.05, 3.63) is 65.7 Å². The largest absolute Gasteiger partial charge is 0.497 e. The van der Waals surface area contributed by atoms with Crippen molar-refractivity contribution >= 4 is 12.6 Å². The molecule has 1 atom stereocenters. The average molecular weight is 286 g/mol. The predicted octanol–water partition coefficient (Wildman–Crippen LogP) is 5.03. The fourth-order valence-corrected chi connectivity index (χ4v) is 3.07. The van der Waals surface area contributed by atoms with Crippen LogP contribution in [0.1, 0.15) is 36.6 Å². The lowest BCUT2D eigenvalue weighted by atomic mass is 9.79. The maximum absolute atomic E-state index is 5.22. The standard InChI is InChI=1S/C18H22OS/c1-18(2,15-9-11-16(19-3)12-10-15)13-17(20)14-7-5-4-6-8-14/h4-12,17,20H,13H2,1-3H3. The summed E-state index contributed by atoms with van der Waals surface area (Å²) in [4.78, 5) is 0. The van der Waals surface area contributed by atoms with E-state index in [2.05, 4.69) is 50.2 Å². The van der Waals surface area contributed by atoms with Crippen LogP contribution in [0.5, 0.6) is 5.75 Å². The quantitative estimate of drug-likeness (QED) is 0.758. The van der Waals surface area contributed by atoms with E-state index in [1.807, 2.05) is 18.2 Å². The van der Waals surface area contributed by atoms with Gasteiger partial charge in [-0.2, -0.15) is 12.6 Å². The number of hydrogen-bond donors (Lipinski definition) is 1. The summed E-state index contributed by atoms with van der Waals surface area (Å²) in [5.74, 6) is 0.898. The predicted molar refractivity (Wildman–Crippen MR) is 88.8 cm³/mol. The van der Waals surface area contributed by atoms with Gasteiger partial charge in [0.2, 0.25) is 0 Å². The maximum atomic E-state index is 5.22. The van der Waals surface area contributed by atoms with Gasteiger partial charge in [-0.3, -0.25) is 0 Å². The first-order valence-electron chi connectivity index (χ1n) is 6.90. The first kappa shape index (κ1) is 15.0. The summed E-state index contributed by atoms with van der Waals surface area (Å²) >= 11 is 4.78. The smallest absolute Gasteiger partial charge is 0.118 e. The molecule has 0 heterocycles. The Bertz CT molecular complexity index is 531. The zero-order valence-electron chi connectivity index (χ0n) is 12.3. The van der Waals surface area contributed by atoms with Gasteiger partial charge in [-0.15, -0.1) is 0 Å². The van der Waals surface area contributed by atoms with Crippen molar-refractivity contribution in [1.82, 2.24) is 0 Å². The van der Waals surface area contributed by atoms with E-state index in [9.17, 15) is 0 Å². The summed E-state index contributed by atoms with van der Waals surface area (Å²) in [7, 11) is 1.69. The van der Waals surface area contributed by atoms with Gasteiger partial charge in [-0.1, -0.05) is 56.3 Å². The molecular weight excluding hydrogens is 264 g/mol. The second-order valence-electron chi connectivity index (χ2n) is 5.74. The minimum atomic E-state index is 0.0779. The van der Waals surface area contributed by atoms with Crippen molar-refractivity contribution in [2.24, 2.45) is 0 Å². The molecule has 106 valence electrons. The van der Waals surface area contributed by atoms with Gasteiger partial charge in [0.25, 0.3) is 0 Å². The minimum Gasteiger partial charge on any atom is -0.497 e. The van der Waals surface area contributed by atoms with Crippen LogP contribution in [0, 0.1) is 0 Å². The summed E-state index contributed by atoms with van der Waals surface area (Å²) < 4.78 is 5.22. The Labute approximate surface area is 127 Å². The molecular formula is C18H22OS. The van der Waals surface area contributed by atoms with E-state index in [-0.39, 0.29) is 10.7 Å². The van der Waals surface area contributed by atoms with Gasteiger partial charge >= 0.3 is 0 Å². The van der Waals surface area contributed by atoms with E-state index in [4.69, 9.17) is 17.4 Å². The Balaban J connectivity index is 2.13. The van der Waals surface area contributed by atoms with Crippen molar-refractivity contribution in [3.8, 4) is 5.75 Å². The molecule has 1 unspecified atom stereocenters. The zero-order valence-corrected chi connectivity index (χ0v) is 13.2. The first-order valence-corrected chi connectivity index (χ1v) is 7.42.